The zero-order valence-corrected chi connectivity index (χ0v) is 32.3. The van der Waals surface area contributed by atoms with Gasteiger partial charge in [-0.3, -0.25) is 14.5 Å². The van der Waals surface area contributed by atoms with Gasteiger partial charge in [-0.1, -0.05) is 36.4 Å². The van der Waals surface area contributed by atoms with E-state index in [1.807, 2.05) is 12.1 Å². The Hall–Kier alpha value is -6.64. The third-order valence-corrected chi connectivity index (χ3v) is 10.9. The lowest BCUT2D eigenvalue weighted by Gasteiger charge is -2.36. The van der Waals surface area contributed by atoms with Gasteiger partial charge in [0.1, 0.15) is 16.8 Å². The molecule has 1 saturated heterocycles. The molecule has 1 fully saturated rings. The van der Waals surface area contributed by atoms with Gasteiger partial charge >= 0.3 is 0 Å². The van der Waals surface area contributed by atoms with Crippen molar-refractivity contribution < 1.29 is 14.3 Å². The third-order valence-electron chi connectivity index (χ3n) is 10.9. The Kier molecular flexibility index (Phi) is 9.37. The molecular formula is C44H43FN10O3. The number of nitrogens with zero attached hydrogens (tertiary/aromatic N) is 7. The molecule has 14 heteroatoms. The third kappa shape index (κ3) is 6.90. The number of fused-ring (bicyclic) bond motifs is 1. The number of halogens is 1. The van der Waals surface area contributed by atoms with Gasteiger partial charge in [-0.15, -0.1) is 6.58 Å². The van der Waals surface area contributed by atoms with Crippen LogP contribution in [0.3, 0.4) is 0 Å². The molecule has 3 aromatic carbocycles. The molecule has 294 valence electrons. The van der Waals surface area contributed by atoms with Crippen molar-refractivity contribution in [1.29, 1.82) is 0 Å². The number of pyridine rings is 1. The van der Waals surface area contributed by atoms with Crippen molar-refractivity contribution in [2.75, 3.05) is 42.9 Å². The highest BCUT2D eigenvalue weighted by Crippen LogP contribution is 2.35. The van der Waals surface area contributed by atoms with E-state index in [0.717, 1.165) is 66.3 Å². The van der Waals surface area contributed by atoms with Gasteiger partial charge in [0.15, 0.2) is 11.5 Å². The summed E-state index contributed by atoms with van der Waals surface area (Å²) in [6.07, 6.45) is 3.83. The maximum Gasteiger partial charge on any atom is 0.278 e. The fourth-order valence-electron chi connectivity index (χ4n) is 8.01. The van der Waals surface area contributed by atoms with Gasteiger partial charge in [-0.05, 0) is 85.5 Å². The minimum atomic E-state index is -1.17. The number of aromatic amines is 1. The van der Waals surface area contributed by atoms with Gasteiger partial charge in [0.05, 0.1) is 17.8 Å². The molecule has 6 heterocycles. The molecule has 4 aromatic heterocycles. The lowest BCUT2D eigenvalue weighted by atomic mass is 9.99. The Morgan fingerprint density at radius 1 is 0.983 bits per heavy atom. The summed E-state index contributed by atoms with van der Waals surface area (Å²) in [6.45, 7) is 12.3. The molecule has 2 aliphatic heterocycles. The lowest BCUT2D eigenvalue weighted by molar-refractivity contribution is 0.0737. The second kappa shape index (κ2) is 14.7. The van der Waals surface area contributed by atoms with Gasteiger partial charge in [0.2, 0.25) is 5.95 Å². The first-order valence-electron chi connectivity index (χ1n) is 19.4. The van der Waals surface area contributed by atoms with Crippen molar-refractivity contribution >= 4 is 45.2 Å². The van der Waals surface area contributed by atoms with Gasteiger partial charge in [0, 0.05) is 73.4 Å². The molecular weight excluding hydrogens is 736 g/mol. The van der Waals surface area contributed by atoms with Gasteiger partial charge in [0.25, 0.3) is 11.5 Å². The van der Waals surface area contributed by atoms with Crippen molar-refractivity contribution in [3.05, 3.63) is 136 Å². The number of allylic oxidation sites excluding steroid dienone is 1. The Morgan fingerprint density at radius 2 is 1.76 bits per heavy atom. The number of anilines is 3. The minimum absolute atomic E-state index is 0.234. The van der Waals surface area contributed by atoms with Crippen LogP contribution in [0.4, 0.5) is 21.7 Å². The van der Waals surface area contributed by atoms with E-state index in [9.17, 15) is 19.1 Å². The number of aliphatic hydroxyl groups is 1. The zero-order chi connectivity index (χ0) is 40.1. The molecule has 4 N–H and O–H groups in total. The summed E-state index contributed by atoms with van der Waals surface area (Å²) in [5, 5.41) is 17.9. The Labute approximate surface area is 333 Å². The van der Waals surface area contributed by atoms with Crippen molar-refractivity contribution in [2.24, 2.45) is 0 Å². The summed E-state index contributed by atoms with van der Waals surface area (Å²) in [7, 11) is 0. The smallest absolute Gasteiger partial charge is 0.278 e. The van der Waals surface area contributed by atoms with Crippen molar-refractivity contribution in [3.63, 3.8) is 0 Å². The number of H-pyrrole nitrogens is 1. The van der Waals surface area contributed by atoms with E-state index in [1.165, 1.54) is 28.6 Å². The number of aromatic nitrogens is 6. The molecule has 0 spiro atoms. The number of benzene rings is 3. The zero-order valence-electron chi connectivity index (χ0n) is 32.3. The van der Waals surface area contributed by atoms with E-state index >= 15 is 0 Å². The van der Waals surface area contributed by atoms with Crippen molar-refractivity contribution in [3.8, 4) is 17.1 Å². The maximum absolute atomic E-state index is 14.4. The molecule has 9 rings (SSSR count). The number of carbonyl (C=O) groups excluding carboxylic acids is 1. The van der Waals surface area contributed by atoms with Crippen LogP contribution in [0, 0.1) is 5.82 Å². The topological polar surface area (TPSA) is 149 Å². The average Bonchev–Trinajstić information content (AvgIpc) is 3.65. The van der Waals surface area contributed by atoms with Crippen LogP contribution in [0.25, 0.3) is 39.0 Å². The van der Waals surface area contributed by atoms with Gasteiger partial charge in [-0.2, -0.15) is 4.98 Å². The summed E-state index contributed by atoms with van der Waals surface area (Å²) in [5.74, 6) is 0.0998. The summed E-state index contributed by atoms with van der Waals surface area (Å²) in [6, 6.07) is 24.8. The second-order valence-electron chi connectivity index (χ2n) is 15.4. The first-order valence-corrected chi connectivity index (χ1v) is 19.4. The molecule has 13 nitrogen and oxygen atoms in total. The Morgan fingerprint density at radius 3 is 2.50 bits per heavy atom. The predicted molar refractivity (Wildman–Crippen MR) is 223 cm³/mol. The van der Waals surface area contributed by atoms with Crippen LogP contribution in [0.1, 0.15) is 41.0 Å². The van der Waals surface area contributed by atoms with Crippen LogP contribution in [-0.2, 0) is 25.1 Å². The van der Waals surface area contributed by atoms with Crippen LogP contribution in [0.5, 0.6) is 0 Å². The molecule has 0 radical (unpaired) electrons. The number of hydrogen-bond donors (Lipinski definition) is 4. The van der Waals surface area contributed by atoms with Gasteiger partial charge < -0.3 is 25.6 Å². The summed E-state index contributed by atoms with van der Waals surface area (Å²) < 4.78 is 17.5. The first kappa shape index (κ1) is 37.0. The van der Waals surface area contributed by atoms with Crippen LogP contribution < -0.4 is 21.1 Å². The van der Waals surface area contributed by atoms with Crippen LogP contribution in [-0.4, -0.2) is 77.9 Å². The highest BCUT2D eigenvalue weighted by Gasteiger charge is 2.25. The van der Waals surface area contributed by atoms with Crippen LogP contribution >= 0.6 is 0 Å². The van der Waals surface area contributed by atoms with Crippen molar-refractivity contribution in [2.45, 2.75) is 39.0 Å². The van der Waals surface area contributed by atoms with E-state index in [4.69, 9.17) is 4.98 Å². The quantitative estimate of drug-likeness (QED) is 0.122. The summed E-state index contributed by atoms with van der Waals surface area (Å²) in [4.78, 5) is 48.1. The monoisotopic (exact) mass is 778 g/mol. The largest absolute Gasteiger partial charge is 0.384 e. The molecule has 1 amide bonds. The lowest BCUT2D eigenvalue weighted by Crippen LogP contribution is -2.45. The molecule has 7 aromatic rings. The molecule has 0 saturated carbocycles. The van der Waals surface area contributed by atoms with E-state index in [2.05, 4.69) is 78.4 Å². The predicted octanol–water partition coefficient (Wildman–Crippen LogP) is 6.03. The van der Waals surface area contributed by atoms with E-state index in [0.29, 0.717) is 52.5 Å². The highest BCUT2D eigenvalue weighted by molar-refractivity contribution is 6.10. The molecule has 0 aliphatic carbocycles. The number of carbonyl (C=O) groups is 1. The number of amides is 1. The number of hydrogen-bond acceptors (Lipinski definition) is 9. The van der Waals surface area contributed by atoms with Crippen LogP contribution in [0.15, 0.2) is 103 Å². The summed E-state index contributed by atoms with van der Waals surface area (Å²) in [5.41, 5.74) is 6.56. The fourth-order valence-corrected chi connectivity index (χ4v) is 8.01. The second-order valence-corrected chi connectivity index (χ2v) is 15.4. The Bertz CT molecular complexity index is 2760. The Balaban J connectivity index is 0.853. The normalized spacial score (nSPS) is 14.8. The SMILES string of the molecule is C=CCn1c(=O)c2cnc(Nc3ccc(N4CCN(Cc5ccc(-c6[nH]c7cc(F)cc8c7c6CCNC8=O)cc5)CC4)cc3)nc2n1-c1cccc(C(C)(C)O)n1. The molecule has 58 heavy (non-hydrogen) atoms. The minimum Gasteiger partial charge on any atom is -0.384 e. The van der Waals surface area contributed by atoms with E-state index < -0.39 is 11.4 Å². The molecule has 0 unspecified atom stereocenters. The molecule has 0 bridgehead atoms. The average molecular weight is 779 g/mol. The number of rotatable bonds is 10. The highest BCUT2D eigenvalue weighted by atomic mass is 19.1. The summed E-state index contributed by atoms with van der Waals surface area (Å²) >= 11 is 0. The standard InChI is InChI=1S/C44H43FN10O3/c1-4-18-54-42(57)34-25-47-43(51-40(34)55(54)37-7-5-6-36(50-37)44(2,3)58)48-30-12-14-31(15-13-30)53-21-19-52(20-22-53)26-27-8-10-28(11-9-27)39-32-16-17-46-41(56)33-23-29(45)24-35(49-39)38(32)33/h4-15,23-25,49,58H,1,16-22,26H2,2-3H3,(H,46,56)(H,47,48,51). The number of piperazine rings is 1. The van der Waals surface area contributed by atoms with E-state index in [-0.39, 0.29) is 18.0 Å². The first-order chi connectivity index (χ1) is 28.0. The molecule has 2 aliphatic rings. The van der Waals surface area contributed by atoms with Crippen molar-refractivity contribution in [1.82, 2.24) is 39.5 Å². The van der Waals surface area contributed by atoms with Gasteiger partial charge in [-0.25, -0.2) is 23.7 Å². The van der Waals surface area contributed by atoms with Crippen LogP contribution in [0.2, 0.25) is 0 Å². The maximum atomic E-state index is 14.4. The fraction of sp³-hybridized carbons (Fsp3) is 0.250. The molecule has 0 atom stereocenters. The van der Waals surface area contributed by atoms with E-state index in [1.54, 1.807) is 42.8 Å². The number of nitrogens with one attached hydrogen (secondary N) is 3.